The smallest absolute Gasteiger partial charge is 0.235 e. The Balaban J connectivity index is 1.87. The van der Waals surface area contributed by atoms with E-state index in [9.17, 15) is 4.79 Å². The van der Waals surface area contributed by atoms with Gasteiger partial charge in [0, 0.05) is 13.1 Å². The van der Waals surface area contributed by atoms with Crippen LogP contribution in [0.15, 0.2) is 0 Å². The maximum Gasteiger partial charge on any atom is 0.235 e. The quantitative estimate of drug-likeness (QED) is 0.589. The van der Waals surface area contributed by atoms with Crippen molar-refractivity contribution in [3.63, 3.8) is 0 Å². The van der Waals surface area contributed by atoms with Gasteiger partial charge in [-0.1, -0.05) is 0 Å². The number of rotatable bonds is 1. The Bertz CT molecular complexity index is 161. The number of hydrogen-bond acceptors (Lipinski definition) is 2. The molecule has 0 radical (unpaired) electrons. The van der Waals surface area contributed by atoms with E-state index >= 15 is 0 Å². The Morgan fingerprint density at radius 3 is 2.64 bits per heavy atom. The lowest BCUT2D eigenvalue weighted by Crippen LogP contribution is -2.45. The molecule has 0 bridgehead atoms. The molecule has 0 aromatic heterocycles. The molecule has 11 heavy (non-hydrogen) atoms. The molecule has 2 saturated heterocycles. The Morgan fingerprint density at radius 1 is 1.36 bits per heavy atom. The largest absolute Gasteiger partial charge is 0.342 e. The van der Waals surface area contributed by atoms with E-state index in [1.807, 2.05) is 16.7 Å². The number of hydrogen-bond donors (Lipinski definition) is 0. The third-order valence-electron chi connectivity index (χ3n) is 2.37. The molecule has 2 aliphatic heterocycles. The van der Waals surface area contributed by atoms with E-state index in [1.54, 1.807) is 0 Å². The molecular formula is C8H13NOS. The molecule has 2 fully saturated rings. The molecule has 2 aliphatic rings. The second-order valence-electron chi connectivity index (χ2n) is 3.18. The number of carbonyl (C=O) groups excluding carboxylic acids is 1. The van der Waals surface area contributed by atoms with E-state index in [4.69, 9.17) is 0 Å². The van der Waals surface area contributed by atoms with Gasteiger partial charge in [-0.3, -0.25) is 4.79 Å². The molecule has 0 spiro atoms. The predicted molar refractivity (Wildman–Crippen MR) is 46.7 cm³/mol. The zero-order valence-electron chi connectivity index (χ0n) is 6.58. The van der Waals surface area contributed by atoms with Gasteiger partial charge >= 0.3 is 0 Å². The molecule has 3 heteroatoms. The van der Waals surface area contributed by atoms with Crippen molar-refractivity contribution in [2.24, 2.45) is 0 Å². The Kier molecular flexibility index (Phi) is 2.07. The van der Waals surface area contributed by atoms with Gasteiger partial charge in [-0.25, -0.2) is 0 Å². The second kappa shape index (κ2) is 3.05. The van der Waals surface area contributed by atoms with Gasteiger partial charge < -0.3 is 4.90 Å². The minimum atomic E-state index is 0.315. The summed E-state index contributed by atoms with van der Waals surface area (Å²) in [5.74, 6) is 1.59. The number of nitrogens with zero attached hydrogens (tertiary/aromatic N) is 1. The fourth-order valence-electron chi connectivity index (χ4n) is 1.51. The van der Waals surface area contributed by atoms with E-state index in [0.717, 1.165) is 19.5 Å². The molecule has 2 nitrogen and oxygen atoms in total. The fraction of sp³-hybridized carbons (Fsp3) is 0.875. The van der Waals surface area contributed by atoms with E-state index in [-0.39, 0.29) is 0 Å². The van der Waals surface area contributed by atoms with Crippen molar-refractivity contribution < 1.29 is 4.79 Å². The molecule has 2 heterocycles. The van der Waals surface area contributed by atoms with Gasteiger partial charge in [0.05, 0.1) is 5.25 Å². The van der Waals surface area contributed by atoms with Crippen molar-refractivity contribution >= 4 is 17.7 Å². The molecule has 0 saturated carbocycles. The number of carbonyl (C=O) groups is 1. The summed E-state index contributed by atoms with van der Waals surface area (Å²) in [7, 11) is 0. The summed E-state index contributed by atoms with van der Waals surface area (Å²) in [5.41, 5.74) is 0. The highest BCUT2D eigenvalue weighted by molar-refractivity contribution is 8.00. The predicted octanol–water partition coefficient (Wildman–Crippen LogP) is 1.11. The lowest BCUT2D eigenvalue weighted by molar-refractivity contribution is -0.133. The fourth-order valence-corrected chi connectivity index (χ4v) is 2.76. The van der Waals surface area contributed by atoms with Gasteiger partial charge in [0.25, 0.3) is 0 Å². The first-order chi connectivity index (χ1) is 5.38. The number of thioether (sulfide) groups is 1. The molecule has 1 amide bonds. The van der Waals surface area contributed by atoms with Crippen LogP contribution in [0.1, 0.15) is 19.3 Å². The van der Waals surface area contributed by atoms with E-state index < -0.39 is 0 Å². The molecule has 62 valence electrons. The Morgan fingerprint density at radius 2 is 2.18 bits per heavy atom. The van der Waals surface area contributed by atoms with Crippen molar-refractivity contribution in [1.29, 1.82) is 0 Å². The van der Waals surface area contributed by atoms with Crippen LogP contribution >= 0.6 is 11.8 Å². The minimum absolute atomic E-state index is 0.315. The molecule has 0 aromatic rings. The summed E-state index contributed by atoms with van der Waals surface area (Å²) in [6.45, 7) is 2.02. The summed E-state index contributed by atoms with van der Waals surface area (Å²) in [5, 5.41) is 0.315. The maximum absolute atomic E-state index is 11.5. The van der Waals surface area contributed by atoms with E-state index in [2.05, 4.69) is 0 Å². The molecule has 2 rings (SSSR count). The lowest BCUT2D eigenvalue weighted by Gasteiger charge is -2.32. The summed E-state index contributed by atoms with van der Waals surface area (Å²) in [6, 6.07) is 0. The van der Waals surface area contributed by atoms with Crippen LogP contribution in [0.25, 0.3) is 0 Å². The van der Waals surface area contributed by atoms with Crippen molar-refractivity contribution in [2.75, 3.05) is 18.8 Å². The summed E-state index contributed by atoms with van der Waals surface area (Å²) in [6.07, 6.45) is 3.55. The van der Waals surface area contributed by atoms with Gasteiger partial charge in [-0.2, -0.15) is 0 Å². The molecule has 0 aliphatic carbocycles. The Hall–Kier alpha value is -0.180. The Labute approximate surface area is 71.3 Å². The average Bonchev–Trinajstić information content (AvgIpc) is 2.32. The van der Waals surface area contributed by atoms with Crippen molar-refractivity contribution in [2.45, 2.75) is 24.5 Å². The molecule has 0 N–H and O–H groups in total. The summed E-state index contributed by atoms with van der Waals surface area (Å²) >= 11 is 1.84. The van der Waals surface area contributed by atoms with E-state index in [1.165, 1.54) is 18.6 Å². The van der Waals surface area contributed by atoms with Crippen LogP contribution in [-0.2, 0) is 4.79 Å². The monoisotopic (exact) mass is 171 g/mol. The molecule has 0 aromatic carbocycles. The number of amides is 1. The summed E-state index contributed by atoms with van der Waals surface area (Å²) < 4.78 is 0. The van der Waals surface area contributed by atoms with Crippen LogP contribution in [0.5, 0.6) is 0 Å². The van der Waals surface area contributed by atoms with Crippen molar-refractivity contribution in [1.82, 2.24) is 4.90 Å². The van der Waals surface area contributed by atoms with Crippen LogP contribution in [-0.4, -0.2) is 34.9 Å². The third kappa shape index (κ3) is 1.39. The van der Waals surface area contributed by atoms with Crippen LogP contribution < -0.4 is 0 Å². The minimum Gasteiger partial charge on any atom is -0.342 e. The van der Waals surface area contributed by atoms with Crippen LogP contribution in [0.4, 0.5) is 0 Å². The first kappa shape index (κ1) is 7.47. The highest BCUT2D eigenvalue weighted by Crippen LogP contribution is 2.28. The molecule has 1 unspecified atom stereocenters. The van der Waals surface area contributed by atoms with Gasteiger partial charge in [0.1, 0.15) is 0 Å². The normalized spacial score (nSPS) is 30.2. The molecule has 1 atom stereocenters. The van der Waals surface area contributed by atoms with Gasteiger partial charge in [-0.05, 0) is 25.0 Å². The number of likely N-dealkylation sites (tertiary alicyclic amines) is 1. The highest BCUT2D eigenvalue weighted by atomic mass is 32.2. The first-order valence-electron chi connectivity index (χ1n) is 4.28. The highest BCUT2D eigenvalue weighted by Gasteiger charge is 2.30. The van der Waals surface area contributed by atoms with E-state index in [0.29, 0.717) is 11.2 Å². The van der Waals surface area contributed by atoms with Crippen LogP contribution in [0, 0.1) is 0 Å². The van der Waals surface area contributed by atoms with Crippen LogP contribution in [0.2, 0.25) is 0 Å². The SMILES string of the molecule is O=C(C1CCCS1)N1CCC1. The van der Waals surface area contributed by atoms with Crippen molar-refractivity contribution in [3.8, 4) is 0 Å². The zero-order valence-corrected chi connectivity index (χ0v) is 7.40. The van der Waals surface area contributed by atoms with Crippen LogP contribution in [0.3, 0.4) is 0 Å². The van der Waals surface area contributed by atoms with Gasteiger partial charge in [0.2, 0.25) is 5.91 Å². The third-order valence-corrected chi connectivity index (χ3v) is 3.74. The second-order valence-corrected chi connectivity index (χ2v) is 4.49. The lowest BCUT2D eigenvalue weighted by atomic mass is 10.1. The van der Waals surface area contributed by atoms with Crippen molar-refractivity contribution in [3.05, 3.63) is 0 Å². The zero-order chi connectivity index (χ0) is 7.68. The average molecular weight is 171 g/mol. The van der Waals surface area contributed by atoms with Gasteiger partial charge in [0.15, 0.2) is 0 Å². The maximum atomic E-state index is 11.5. The van der Waals surface area contributed by atoms with Gasteiger partial charge in [-0.15, -0.1) is 11.8 Å². The standard InChI is InChI=1S/C8H13NOS/c10-8(9-4-2-5-9)7-3-1-6-11-7/h7H,1-6H2. The summed E-state index contributed by atoms with van der Waals surface area (Å²) in [4.78, 5) is 13.5. The molecular weight excluding hydrogens is 158 g/mol. The topological polar surface area (TPSA) is 20.3 Å². The first-order valence-corrected chi connectivity index (χ1v) is 5.33.